The SMILES string of the molecule is CC1CCCC1C(=O)c1ccccc1F. The van der Waals surface area contributed by atoms with Crippen LogP contribution in [0.2, 0.25) is 0 Å². The molecule has 2 rings (SSSR count). The van der Waals surface area contributed by atoms with E-state index >= 15 is 0 Å². The van der Waals surface area contributed by atoms with Crippen molar-refractivity contribution in [2.24, 2.45) is 11.8 Å². The highest BCUT2D eigenvalue weighted by atomic mass is 19.1. The van der Waals surface area contributed by atoms with E-state index in [2.05, 4.69) is 6.92 Å². The Morgan fingerprint density at radius 3 is 2.67 bits per heavy atom. The van der Waals surface area contributed by atoms with Gasteiger partial charge in [-0.1, -0.05) is 25.5 Å². The number of hydrogen-bond donors (Lipinski definition) is 0. The summed E-state index contributed by atoms with van der Waals surface area (Å²) in [5.74, 6) is 0.0266. The fourth-order valence-corrected chi connectivity index (χ4v) is 2.40. The molecule has 0 saturated heterocycles. The van der Waals surface area contributed by atoms with Crippen LogP contribution in [0.15, 0.2) is 24.3 Å². The van der Waals surface area contributed by atoms with Gasteiger partial charge in [-0.2, -0.15) is 0 Å². The van der Waals surface area contributed by atoms with Gasteiger partial charge < -0.3 is 0 Å². The lowest BCUT2D eigenvalue weighted by Crippen LogP contribution is -2.18. The van der Waals surface area contributed by atoms with Crippen LogP contribution < -0.4 is 0 Å². The molecule has 1 aliphatic carbocycles. The van der Waals surface area contributed by atoms with E-state index in [1.807, 2.05) is 0 Å². The molecule has 2 atom stereocenters. The Morgan fingerprint density at radius 1 is 1.33 bits per heavy atom. The molecule has 0 N–H and O–H groups in total. The lowest BCUT2D eigenvalue weighted by atomic mass is 9.89. The Bertz CT molecular complexity index is 373. The first-order valence-electron chi connectivity index (χ1n) is 5.49. The summed E-state index contributed by atoms with van der Waals surface area (Å²) in [6.45, 7) is 2.08. The molecule has 0 aliphatic heterocycles. The van der Waals surface area contributed by atoms with E-state index in [1.54, 1.807) is 18.2 Å². The van der Waals surface area contributed by atoms with Gasteiger partial charge in [0.05, 0.1) is 5.56 Å². The molecule has 1 aromatic carbocycles. The summed E-state index contributed by atoms with van der Waals surface area (Å²) in [7, 11) is 0. The molecule has 15 heavy (non-hydrogen) atoms. The van der Waals surface area contributed by atoms with Crippen LogP contribution in [0.5, 0.6) is 0 Å². The molecule has 1 nitrogen and oxygen atoms in total. The zero-order valence-corrected chi connectivity index (χ0v) is 8.87. The van der Waals surface area contributed by atoms with Gasteiger partial charge in [-0.25, -0.2) is 4.39 Å². The van der Waals surface area contributed by atoms with Crippen LogP contribution in [-0.4, -0.2) is 5.78 Å². The van der Waals surface area contributed by atoms with Crippen molar-refractivity contribution in [3.8, 4) is 0 Å². The van der Waals surface area contributed by atoms with E-state index in [4.69, 9.17) is 0 Å². The highest BCUT2D eigenvalue weighted by molar-refractivity contribution is 5.98. The largest absolute Gasteiger partial charge is 0.294 e. The minimum absolute atomic E-state index is 0.0156. The molecular formula is C13H15FO. The second-order valence-electron chi connectivity index (χ2n) is 4.36. The molecule has 0 bridgehead atoms. The zero-order chi connectivity index (χ0) is 10.8. The van der Waals surface area contributed by atoms with Crippen LogP contribution in [0.1, 0.15) is 36.5 Å². The lowest BCUT2D eigenvalue weighted by molar-refractivity contribution is 0.0893. The molecule has 2 unspecified atom stereocenters. The highest BCUT2D eigenvalue weighted by Gasteiger charge is 2.31. The standard InChI is InChI=1S/C13H15FO/c1-9-5-4-7-10(9)13(15)11-6-2-3-8-12(11)14/h2-3,6,8-10H,4-5,7H2,1H3. The fourth-order valence-electron chi connectivity index (χ4n) is 2.40. The van der Waals surface area contributed by atoms with E-state index in [0.717, 1.165) is 19.3 Å². The number of carbonyl (C=O) groups excluding carboxylic acids is 1. The van der Waals surface area contributed by atoms with E-state index in [-0.39, 0.29) is 23.1 Å². The Hall–Kier alpha value is -1.18. The van der Waals surface area contributed by atoms with Crippen LogP contribution in [0.25, 0.3) is 0 Å². The smallest absolute Gasteiger partial charge is 0.169 e. The van der Waals surface area contributed by atoms with Crippen molar-refractivity contribution < 1.29 is 9.18 Å². The number of rotatable bonds is 2. The van der Waals surface area contributed by atoms with Crippen molar-refractivity contribution in [2.45, 2.75) is 26.2 Å². The third kappa shape index (κ3) is 1.94. The normalized spacial score (nSPS) is 25.5. The molecule has 0 radical (unpaired) electrons. The van der Waals surface area contributed by atoms with Gasteiger partial charge in [-0.3, -0.25) is 4.79 Å². The van der Waals surface area contributed by atoms with Crippen molar-refractivity contribution in [2.75, 3.05) is 0 Å². The molecule has 0 amide bonds. The maximum absolute atomic E-state index is 13.4. The maximum Gasteiger partial charge on any atom is 0.169 e. The van der Waals surface area contributed by atoms with Crippen LogP contribution in [0.4, 0.5) is 4.39 Å². The number of Topliss-reactive ketones (excluding diaryl/α,β-unsaturated/α-hetero) is 1. The molecule has 2 heteroatoms. The first-order chi connectivity index (χ1) is 7.20. The first-order valence-corrected chi connectivity index (χ1v) is 5.49. The van der Waals surface area contributed by atoms with Gasteiger partial charge in [0.1, 0.15) is 5.82 Å². The number of carbonyl (C=O) groups is 1. The number of benzene rings is 1. The minimum atomic E-state index is -0.387. The first kappa shape index (κ1) is 10.3. The molecule has 80 valence electrons. The van der Waals surface area contributed by atoms with Crippen molar-refractivity contribution in [3.63, 3.8) is 0 Å². The van der Waals surface area contributed by atoms with Crippen molar-refractivity contribution >= 4 is 5.78 Å². The summed E-state index contributed by atoms with van der Waals surface area (Å²) >= 11 is 0. The highest BCUT2D eigenvalue weighted by Crippen LogP contribution is 2.34. The van der Waals surface area contributed by atoms with Crippen LogP contribution in [0.3, 0.4) is 0 Å². The molecule has 0 aromatic heterocycles. The van der Waals surface area contributed by atoms with E-state index in [9.17, 15) is 9.18 Å². The van der Waals surface area contributed by atoms with Crippen LogP contribution >= 0.6 is 0 Å². The van der Waals surface area contributed by atoms with Gasteiger partial charge in [0.15, 0.2) is 5.78 Å². The molecule has 1 aromatic rings. The molecule has 1 aliphatic rings. The summed E-state index contributed by atoms with van der Waals surface area (Å²) in [6.07, 6.45) is 3.09. The molecule has 1 fully saturated rings. The minimum Gasteiger partial charge on any atom is -0.294 e. The maximum atomic E-state index is 13.4. The monoisotopic (exact) mass is 206 g/mol. The van der Waals surface area contributed by atoms with Gasteiger partial charge in [-0.05, 0) is 30.9 Å². The van der Waals surface area contributed by atoms with Crippen molar-refractivity contribution in [1.29, 1.82) is 0 Å². The quantitative estimate of drug-likeness (QED) is 0.677. The fraction of sp³-hybridized carbons (Fsp3) is 0.462. The van der Waals surface area contributed by atoms with Gasteiger partial charge in [0.2, 0.25) is 0 Å². The zero-order valence-electron chi connectivity index (χ0n) is 8.87. The van der Waals surface area contributed by atoms with Gasteiger partial charge in [0.25, 0.3) is 0 Å². The third-order valence-corrected chi connectivity index (χ3v) is 3.34. The number of hydrogen-bond acceptors (Lipinski definition) is 1. The number of halogens is 1. The Morgan fingerprint density at radius 2 is 2.07 bits per heavy atom. The van der Waals surface area contributed by atoms with E-state index < -0.39 is 0 Å². The summed E-state index contributed by atoms with van der Waals surface area (Å²) in [6, 6.07) is 6.27. The van der Waals surface area contributed by atoms with Crippen molar-refractivity contribution in [3.05, 3.63) is 35.6 Å². The topological polar surface area (TPSA) is 17.1 Å². The lowest BCUT2D eigenvalue weighted by Gasteiger charge is -2.14. The second kappa shape index (κ2) is 4.13. The van der Waals surface area contributed by atoms with Gasteiger partial charge in [0, 0.05) is 5.92 Å². The average Bonchev–Trinajstić information content (AvgIpc) is 2.64. The molecular weight excluding hydrogens is 191 g/mol. The second-order valence-corrected chi connectivity index (χ2v) is 4.36. The molecule has 1 saturated carbocycles. The average molecular weight is 206 g/mol. The summed E-state index contributed by atoms with van der Waals surface area (Å²) in [5.41, 5.74) is 0.260. The van der Waals surface area contributed by atoms with Crippen molar-refractivity contribution in [1.82, 2.24) is 0 Å². The predicted octanol–water partition coefficient (Wildman–Crippen LogP) is 3.44. The van der Waals surface area contributed by atoms with Gasteiger partial charge >= 0.3 is 0 Å². The molecule has 0 spiro atoms. The number of ketones is 1. The summed E-state index contributed by atoms with van der Waals surface area (Å²) < 4.78 is 13.4. The van der Waals surface area contributed by atoms with E-state index in [0.29, 0.717) is 5.92 Å². The third-order valence-electron chi connectivity index (χ3n) is 3.34. The predicted molar refractivity (Wildman–Crippen MR) is 57.2 cm³/mol. The Labute approximate surface area is 89.3 Å². The van der Waals surface area contributed by atoms with E-state index in [1.165, 1.54) is 6.07 Å². The summed E-state index contributed by atoms with van der Waals surface area (Å²) in [4.78, 5) is 12.0. The Balaban J connectivity index is 2.24. The summed E-state index contributed by atoms with van der Waals surface area (Å²) in [5, 5.41) is 0. The molecule has 0 heterocycles. The Kier molecular flexibility index (Phi) is 2.85. The van der Waals surface area contributed by atoms with Crippen LogP contribution in [-0.2, 0) is 0 Å². The van der Waals surface area contributed by atoms with Gasteiger partial charge in [-0.15, -0.1) is 0 Å². The van der Waals surface area contributed by atoms with Crippen LogP contribution in [0, 0.1) is 17.7 Å².